The number of hydrogen-bond donors (Lipinski definition) is 1. The van der Waals surface area contributed by atoms with Crippen LogP contribution in [0, 0.1) is 0 Å². The van der Waals surface area contributed by atoms with Crippen molar-refractivity contribution in [3.8, 4) is 0 Å². The van der Waals surface area contributed by atoms with Gasteiger partial charge < -0.3 is 14.6 Å². The van der Waals surface area contributed by atoms with Gasteiger partial charge in [-0.1, -0.05) is 0 Å². The molecule has 0 bridgehead atoms. The Bertz CT molecular complexity index is 269. The van der Waals surface area contributed by atoms with E-state index in [9.17, 15) is 4.79 Å². The summed E-state index contributed by atoms with van der Waals surface area (Å²) in [5.41, 5.74) is 0. The zero-order chi connectivity index (χ0) is 8.97. The highest BCUT2D eigenvalue weighted by Gasteiger charge is 2.01. The van der Waals surface area contributed by atoms with E-state index >= 15 is 0 Å². The maximum Gasteiger partial charge on any atom is 0.407 e. The molecule has 66 valence electrons. The molecule has 0 saturated carbocycles. The zero-order valence-electron chi connectivity index (χ0n) is 7.07. The Morgan fingerprint density at radius 2 is 2.58 bits per heavy atom. The fraction of sp³-hybridized carbons (Fsp3) is 0.429. The minimum Gasteiger partial charge on any atom is -0.453 e. The molecule has 0 aliphatic carbocycles. The van der Waals surface area contributed by atoms with Crippen LogP contribution in [0.5, 0.6) is 0 Å². The fourth-order valence-corrected chi connectivity index (χ4v) is 0.790. The van der Waals surface area contributed by atoms with E-state index in [1.54, 1.807) is 6.20 Å². The summed E-state index contributed by atoms with van der Waals surface area (Å²) < 4.78 is 6.23. The molecule has 0 aliphatic rings. The number of aromatic nitrogens is 2. The maximum atomic E-state index is 10.6. The lowest BCUT2D eigenvalue weighted by Crippen LogP contribution is -2.23. The number of carbonyl (C=O) groups is 1. The molecular formula is C7H11N3O2. The second kappa shape index (κ2) is 3.75. The maximum absolute atomic E-state index is 10.6. The van der Waals surface area contributed by atoms with Gasteiger partial charge >= 0.3 is 6.09 Å². The number of ether oxygens (including phenoxy) is 1. The first-order valence-corrected chi connectivity index (χ1v) is 3.52. The van der Waals surface area contributed by atoms with E-state index in [1.165, 1.54) is 7.11 Å². The van der Waals surface area contributed by atoms with Crippen molar-refractivity contribution in [1.29, 1.82) is 0 Å². The largest absolute Gasteiger partial charge is 0.453 e. The predicted molar refractivity (Wildman–Crippen MR) is 42.5 cm³/mol. The van der Waals surface area contributed by atoms with E-state index < -0.39 is 6.09 Å². The normalized spacial score (nSPS) is 9.50. The Morgan fingerprint density at radius 1 is 1.83 bits per heavy atom. The number of carbonyl (C=O) groups excluding carboxylic acids is 1. The lowest BCUT2D eigenvalue weighted by molar-refractivity contribution is 0.170. The van der Waals surface area contributed by atoms with E-state index in [0.717, 1.165) is 5.82 Å². The van der Waals surface area contributed by atoms with Gasteiger partial charge in [0.25, 0.3) is 0 Å². The molecule has 0 spiro atoms. The van der Waals surface area contributed by atoms with Crippen LogP contribution in [0.1, 0.15) is 5.82 Å². The van der Waals surface area contributed by atoms with Crippen molar-refractivity contribution >= 4 is 6.09 Å². The standard InChI is InChI=1S/C7H11N3O2/c1-10-4-3-8-6(10)5-9-7(11)12-2/h3-4H,5H2,1-2H3,(H,9,11). The molecule has 0 aliphatic heterocycles. The van der Waals surface area contributed by atoms with Gasteiger partial charge in [0.2, 0.25) is 0 Å². The second-order valence-electron chi connectivity index (χ2n) is 2.30. The van der Waals surface area contributed by atoms with Crippen molar-refractivity contribution in [2.24, 2.45) is 7.05 Å². The number of hydrogen-bond acceptors (Lipinski definition) is 3. The lowest BCUT2D eigenvalue weighted by atomic mass is 10.6. The van der Waals surface area contributed by atoms with Crippen LogP contribution < -0.4 is 5.32 Å². The average molecular weight is 169 g/mol. The third-order valence-electron chi connectivity index (χ3n) is 1.50. The molecular weight excluding hydrogens is 158 g/mol. The summed E-state index contributed by atoms with van der Waals surface area (Å²) in [6.07, 6.45) is 3.04. The highest BCUT2D eigenvalue weighted by Crippen LogP contribution is 1.92. The second-order valence-corrected chi connectivity index (χ2v) is 2.30. The number of nitrogens with one attached hydrogen (secondary N) is 1. The molecule has 0 saturated heterocycles. The Kier molecular flexibility index (Phi) is 2.68. The predicted octanol–water partition coefficient (Wildman–Crippen LogP) is 0.276. The van der Waals surface area contributed by atoms with Crippen LogP contribution in [-0.2, 0) is 18.3 Å². The summed E-state index contributed by atoms with van der Waals surface area (Å²) in [6, 6.07) is 0. The topological polar surface area (TPSA) is 56.1 Å². The number of imidazole rings is 1. The lowest BCUT2D eigenvalue weighted by Gasteiger charge is -2.02. The Hall–Kier alpha value is -1.52. The Labute approximate surface area is 70.4 Å². The van der Waals surface area contributed by atoms with E-state index in [1.807, 2.05) is 17.8 Å². The molecule has 0 unspecified atom stereocenters. The van der Waals surface area contributed by atoms with Crippen LogP contribution >= 0.6 is 0 Å². The Balaban J connectivity index is 2.43. The summed E-state index contributed by atoms with van der Waals surface area (Å²) >= 11 is 0. The van der Waals surface area contributed by atoms with Gasteiger partial charge in [0.15, 0.2) is 0 Å². The highest BCUT2D eigenvalue weighted by atomic mass is 16.5. The van der Waals surface area contributed by atoms with Gasteiger partial charge in [0, 0.05) is 19.4 Å². The van der Waals surface area contributed by atoms with Crippen LogP contribution in [-0.4, -0.2) is 22.8 Å². The van der Waals surface area contributed by atoms with Gasteiger partial charge in [-0.3, -0.25) is 0 Å². The van der Waals surface area contributed by atoms with Crippen molar-refractivity contribution < 1.29 is 9.53 Å². The van der Waals surface area contributed by atoms with Gasteiger partial charge in [-0.25, -0.2) is 9.78 Å². The average Bonchev–Trinajstić information content (AvgIpc) is 2.47. The first-order chi connectivity index (χ1) is 5.74. The number of methoxy groups -OCH3 is 1. The minimum atomic E-state index is -0.446. The number of nitrogens with zero attached hydrogens (tertiary/aromatic N) is 2. The first kappa shape index (κ1) is 8.58. The quantitative estimate of drug-likeness (QED) is 0.691. The van der Waals surface area contributed by atoms with Crippen molar-refractivity contribution in [3.63, 3.8) is 0 Å². The van der Waals surface area contributed by atoms with E-state index in [4.69, 9.17) is 0 Å². The molecule has 0 radical (unpaired) electrons. The molecule has 5 nitrogen and oxygen atoms in total. The molecule has 0 fully saturated rings. The van der Waals surface area contributed by atoms with Crippen LogP contribution in [0.4, 0.5) is 4.79 Å². The Morgan fingerprint density at radius 3 is 3.08 bits per heavy atom. The molecule has 0 atom stereocenters. The monoisotopic (exact) mass is 169 g/mol. The van der Waals surface area contributed by atoms with E-state index in [-0.39, 0.29) is 0 Å². The van der Waals surface area contributed by atoms with Crippen LogP contribution in [0.2, 0.25) is 0 Å². The molecule has 1 rings (SSSR count). The first-order valence-electron chi connectivity index (χ1n) is 3.52. The fourth-order valence-electron chi connectivity index (χ4n) is 0.790. The summed E-state index contributed by atoms with van der Waals surface area (Å²) in [6.45, 7) is 0.385. The molecule has 5 heteroatoms. The molecule has 1 N–H and O–H groups in total. The van der Waals surface area contributed by atoms with Gasteiger partial charge in [-0.15, -0.1) is 0 Å². The van der Waals surface area contributed by atoms with Crippen molar-refractivity contribution in [1.82, 2.24) is 14.9 Å². The SMILES string of the molecule is COC(=O)NCc1nccn1C. The van der Waals surface area contributed by atoms with Crippen LogP contribution in [0.3, 0.4) is 0 Å². The van der Waals surface area contributed by atoms with Gasteiger partial charge in [-0.2, -0.15) is 0 Å². The molecule has 1 aromatic heterocycles. The number of rotatable bonds is 2. The van der Waals surface area contributed by atoms with E-state index in [2.05, 4.69) is 15.0 Å². The summed E-state index contributed by atoms with van der Waals surface area (Å²) in [5, 5.41) is 2.53. The molecule has 1 amide bonds. The number of aryl methyl sites for hydroxylation is 1. The van der Waals surface area contributed by atoms with Crippen molar-refractivity contribution in [2.45, 2.75) is 6.54 Å². The van der Waals surface area contributed by atoms with Crippen molar-refractivity contribution in [2.75, 3.05) is 7.11 Å². The van der Waals surface area contributed by atoms with Gasteiger partial charge in [0.05, 0.1) is 13.7 Å². The zero-order valence-corrected chi connectivity index (χ0v) is 7.07. The van der Waals surface area contributed by atoms with Crippen LogP contribution in [0.25, 0.3) is 0 Å². The minimum absolute atomic E-state index is 0.385. The third-order valence-corrected chi connectivity index (χ3v) is 1.50. The molecule has 1 aromatic rings. The smallest absolute Gasteiger partial charge is 0.407 e. The summed E-state index contributed by atoms with van der Waals surface area (Å²) in [5.74, 6) is 0.792. The van der Waals surface area contributed by atoms with Gasteiger partial charge in [0.1, 0.15) is 5.82 Å². The molecule has 12 heavy (non-hydrogen) atoms. The number of alkyl carbamates (subject to hydrolysis) is 1. The van der Waals surface area contributed by atoms with Crippen molar-refractivity contribution in [3.05, 3.63) is 18.2 Å². The van der Waals surface area contributed by atoms with Crippen LogP contribution in [0.15, 0.2) is 12.4 Å². The summed E-state index contributed by atoms with van der Waals surface area (Å²) in [4.78, 5) is 14.7. The highest BCUT2D eigenvalue weighted by molar-refractivity contribution is 5.66. The third kappa shape index (κ3) is 1.98. The molecule has 0 aromatic carbocycles. The molecule has 1 heterocycles. The summed E-state index contributed by atoms with van der Waals surface area (Å²) in [7, 11) is 3.19. The number of amides is 1. The van der Waals surface area contributed by atoms with E-state index in [0.29, 0.717) is 6.54 Å². The van der Waals surface area contributed by atoms with Gasteiger partial charge in [-0.05, 0) is 0 Å².